The van der Waals surface area contributed by atoms with Crippen LogP contribution in [-0.4, -0.2) is 23.5 Å². The molecular formula is C16H16F2N2O3. The van der Waals surface area contributed by atoms with Crippen LogP contribution in [0.15, 0.2) is 18.2 Å². The average Bonchev–Trinajstić information content (AvgIpc) is 2.79. The number of nitrogens with one attached hydrogen (secondary N) is 2. The lowest BCUT2D eigenvalue weighted by atomic mass is 10.1. The summed E-state index contributed by atoms with van der Waals surface area (Å²) in [5, 5.41) is 2.28. The summed E-state index contributed by atoms with van der Waals surface area (Å²) in [6.07, 6.45) is 0. The van der Waals surface area contributed by atoms with E-state index in [1.54, 1.807) is 20.8 Å². The normalized spacial score (nSPS) is 10.5. The van der Waals surface area contributed by atoms with Crippen LogP contribution < -0.4 is 5.32 Å². The molecule has 0 atom stereocenters. The molecule has 1 aromatic carbocycles. The summed E-state index contributed by atoms with van der Waals surface area (Å²) in [6.45, 7) is 5.08. The van der Waals surface area contributed by atoms with E-state index < -0.39 is 23.5 Å². The molecule has 0 unspecified atom stereocenters. The van der Waals surface area contributed by atoms with Gasteiger partial charge in [0, 0.05) is 5.69 Å². The van der Waals surface area contributed by atoms with Gasteiger partial charge in [-0.1, -0.05) is 6.07 Å². The maximum Gasteiger partial charge on any atom is 0.340 e. The minimum absolute atomic E-state index is 0.0919. The second kappa shape index (κ2) is 6.60. The minimum atomic E-state index is -1.15. The zero-order valence-electron chi connectivity index (χ0n) is 12.9. The summed E-state index contributed by atoms with van der Waals surface area (Å²) < 4.78 is 31.7. The molecule has 0 fully saturated rings. The number of aromatic amines is 1. The van der Waals surface area contributed by atoms with Crippen LogP contribution >= 0.6 is 0 Å². The third kappa shape index (κ3) is 3.23. The van der Waals surface area contributed by atoms with E-state index >= 15 is 0 Å². The highest BCUT2D eigenvalue weighted by Gasteiger charge is 2.23. The topological polar surface area (TPSA) is 71.2 Å². The van der Waals surface area contributed by atoms with Gasteiger partial charge in [0.2, 0.25) is 0 Å². The fourth-order valence-corrected chi connectivity index (χ4v) is 2.27. The van der Waals surface area contributed by atoms with Gasteiger partial charge >= 0.3 is 5.97 Å². The number of anilines is 1. The smallest absolute Gasteiger partial charge is 0.340 e. The van der Waals surface area contributed by atoms with Crippen LogP contribution in [-0.2, 0) is 4.74 Å². The summed E-state index contributed by atoms with van der Waals surface area (Å²) in [7, 11) is 0. The fourth-order valence-electron chi connectivity index (χ4n) is 2.27. The SMILES string of the molecule is CCOC(=O)c1c(C)[nH]c(C(=O)Nc2cccc(F)c2F)c1C. The minimum Gasteiger partial charge on any atom is -0.462 e. The van der Waals surface area contributed by atoms with E-state index in [1.165, 1.54) is 12.1 Å². The molecule has 23 heavy (non-hydrogen) atoms. The Morgan fingerprint density at radius 3 is 2.61 bits per heavy atom. The van der Waals surface area contributed by atoms with Gasteiger partial charge in [0.15, 0.2) is 11.6 Å². The molecule has 2 rings (SSSR count). The van der Waals surface area contributed by atoms with Crippen molar-refractivity contribution in [2.24, 2.45) is 0 Å². The largest absolute Gasteiger partial charge is 0.462 e. The third-order valence-electron chi connectivity index (χ3n) is 3.34. The monoisotopic (exact) mass is 322 g/mol. The van der Waals surface area contributed by atoms with Crippen LogP contribution in [0.25, 0.3) is 0 Å². The molecule has 0 saturated carbocycles. The lowest BCUT2D eigenvalue weighted by molar-refractivity contribution is 0.0525. The van der Waals surface area contributed by atoms with Crippen LogP contribution in [0.5, 0.6) is 0 Å². The maximum absolute atomic E-state index is 13.6. The first-order valence-corrected chi connectivity index (χ1v) is 6.98. The number of aryl methyl sites for hydroxylation is 1. The Hall–Kier alpha value is -2.70. The Bertz CT molecular complexity index is 769. The molecule has 0 spiro atoms. The molecule has 122 valence electrons. The average molecular weight is 322 g/mol. The predicted molar refractivity (Wildman–Crippen MR) is 80.5 cm³/mol. The van der Waals surface area contributed by atoms with Gasteiger partial charge in [-0.3, -0.25) is 4.79 Å². The Labute approximate surface area is 131 Å². The molecule has 1 aromatic heterocycles. The van der Waals surface area contributed by atoms with Crippen molar-refractivity contribution in [3.63, 3.8) is 0 Å². The van der Waals surface area contributed by atoms with Crippen LogP contribution in [0, 0.1) is 25.5 Å². The number of halogens is 2. The van der Waals surface area contributed by atoms with E-state index in [0.29, 0.717) is 11.3 Å². The summed E-state index contributed by atoms with van der Waals surface area (Å²) in [5.41, 5.74) is 0.923. The molecule has 1 amide bonds. The molecule has 5 nitrogen and oxygen atoms in total. The van der Waals surface area contributed by atoms with E-state index in [2.05, 4.69) is 10.3 Å². The lowest BCUT2D eigenvalue weighted by Crippen LogP contribution is -2.15. The zero-order chi connectivity index (χ0) is 17.1. The van der Waals surface area contributed by atoms with E-state index in [0.717, 1.165) is 6.07 Å². The number of H-pyrrole nitrogens is 1. The quantitative estimate of drug-likeness (QED) is 0.848. The van der Waals surface area contributed by atoms with Crippen molar-refractivity contribution >= 4 is 17.6 Å². The van der Waals surface area contributed by atoms with Gasteiger partial charge in [-0.05, 0) is 38.5 Å². The molecule has 7 heteroatoms. The van der Waals surface area contributed by atoms with Gasteiger partial charge in [0.25, 0.3) is 5.91 Å². The molecular weight excluding hydrogens is 306 g/mol. The summed E-state index contributed by atoms with van der Waals surface area (Å²) in [6, 6.07) is 3.48. The number of benzene rings is 1. The van der Waals surface area contributed by atoms with Crippen molar-refractivity contribution in [3.8, 4) is 0 Å². The number of ether oxygens (including phenoxy) is 1. The number of hydrogen-bond acceptors (Lipinski definition) is 3. The molecule has 0 aliphatic rings. The highest BCUT2D eigenvalue weighted by atomic mass is 19.2. The Balaban J connectivity index is 2.32. The number of rotatable bonds is 4. The summed E-state index contributed by atoms with van der Waals surface area (Å²) in [4.78, 5) is 26.9. The van der Waals surface area contributed by atoms with E-state index in [-0.39, 0.29) is 23.6 Å². The van der Waals surface area contributed by atoms with Crippen molar-refractivity contribution in [3.05, 3.63) is 52.3 Å². The van der Waals surface area contributed by atoms with Crippen molar-refractivity contribution in [2.45, 2.75) is 20.8 Å². The van der Waals surface area contributed by atoms with E-state index in [4.69, 9.17) is 4.74 Å². The molecule has 2 aromatic rings. The van der Waals surface area contributed by atoms with Gasteiger partial charge in [-0.2, -0.15) is 0 Å². The first-order valence-electron chi connectivity index (χ1n) is 6.98. The molecule has 0 aliphatic heterocycles. The Morgan fingerprint density at radius 1 is 1.26 bits per heavy atom. The number of amides is 1. The Morgan fingerprint density at radius 2 is 1.96 bits per heavy atom. The maximum atomic E-state index is 13.6. The van der Waals surface area contributed by atoms with Gasteiger partial charge in [-0.15, -0.1) is 0 Å². The zero-order valence-corrected chi connectivity index (χ0v) is 12.9. The molecule has 2 N–H and O–H groups in total. The second-order valence-electron chi connectivity index (χ2n) is 4.90. The second-order valence-corrected chi connectivity index (χ2v) is 4.90. The van der Waals surface area contributed by atoms with Crippen molar-refractivity contribution in [1.82, 2.24) is 4.98 Å². The van der Waals surface area contributed by atoms with Crippen LogP contribution in [0.4, 0.5) is 14.5 Å². The molecule has 0 saturated heterocycles. The van der Waals surface area contributed by atoms with Crippen LogP contribution in [0.1, 0.15) is 39.0 Å². The van der Waals surface area contributed by atoms with Crippen molar-refractivity contribution in [2.75, 3.05) is 11.9 Å². The van der Waals surface area contributed by atoms with Crippen LogP contribution in [0.2, 0.25) is 0 Å². The number of carbonyl (C=O) groups is 2. The van der Waals surface area contributed by atoms with E-state index in [9.17, 15) is 18.4 Å². The highest BCUT2D eigenvalue weighted by molar-refractivity contribution is 6.06. The highest BCUT2D eigenvalue weighted by Crippen LogP contribution is 2.22. The molecule has 0 aliphatic carbocycles. The van der Waals surface area contributed by atoms with Crippen molar-refractivity contribution < 1.29 is 23.1 Å². The number of hydrogen-bond donors (Lipinski definition) is 2. The van der Waals surface area contributed by atoms with Crippen LogP contribution in [0.3, 0.4) is 0 Å². The predicted octanol–water partition coefficient (Wildman–Crippen LogP) is 3.34. The first-order chi connectivity index (χ1) is 10.9. The molecule has 0 bridgehead atoms. The number of aromatic nitrogens is 1. The number of esters is 1. The van der Waals surface area contributed by atoms with Gasteiger partial charge in [-0.25, -0.2) is 13.6 Å². The molecule has 1 heterocycles. The third-order valence-corrected chi connectivity index (χ3v) is 3.34. The fraction of sp³-hybridized carbons (Fsp3) is 0.250. The van der Waals surface area contributed by atoms with E-state index in [1.807, 2.05) is 0 Å². The first kappa shape index (κ1) is 16.7. The van der Waals surface area contributed by atoms with Gasteiger partial charge in [0.1, 0.15) is 5.69 Å². The number of carbonyl (C=O) groups excluding carboxylic acids is 2. The van der Waals surface area contributed by atoms with Gasteiger partial charge < -0.3 is 15.0 Å². The van der Waals surface area contributed by atoms with Crippen molar-refractivity contribution in [1.29, 1.82) is 0 Å². The summed E-state index contributed by atoms with van der Waals surface area (Å²) >= 11 is 0. The Kier molecular flexibility index (Phi) is 4.78. The lowest BCUT2D eigenvalue weighted by Gasteiger charge is -2.06. The molecule has 0 radical (unpaired) electrons. The van der Waals surface area contributed by atoms with Gasteiger partial charge in [0.05, 0.1) is 17.9 Å². The summed E-state index contributed by atoms with van der Waals surface area (Å²) in [5.74, 6) is -3.43. The standard InChI is InChI=1S/C16H16F2N2O3/c1-4-23-16(22)12-8(2)14(19-9(12)3)15(21)20-11-7-5-6-10(17)13(11)18/h5-7,19H,4H2,1-3H3,(H,20,21).